The normalized spacial score (nSPS) is 12.2. The number of amides is 1. The van der Waals surface area contributed by atoms with E-state index < -0.39 is 0 Å². The van der Waals surface area contributed by atoms with Gasteiger partial charge in [-0.2, -0.15) is 0 Å². The summed E-state index contributed by atoms with van der Waals surface area (Å²) in [5, 5.41) is 0. The second-order valence-corrected chi connectivity index (χ2v) is 5.16. The number of halogens is 1. The van der Waals surface area contributed by atoms with Gasteiger partial charge in [-0.3, -0.25) is 4.79 Å². The van der Waals surface area contributed by atoms with Crippen molar-refractivity contribution in [1.29, 1.82) is 0 Å². The molecule has 16 heavy (non-hydrogen) atoms. The van der Waals surface area contributed by atoms with Crippen LogP contribution in [0.25, 0.3) is 0 Å². The molecule has 0 N–H and O–H groups in total. The number of nitrogens with zero attached hydrogens (tertiary/aromatic N) is 1. The van der Waals surface area contributed by atoms with Gasteiger partial charge in [-0.1, -0.05) is 52.7 Å². The van der Waals surface area contributed by atoms with E-state index in [1.807, 2.05) is 26.1 Å². The summed E-state index contributed by atoms with van der Waals surface area (Å²) in [4.78, 5) is 13.5. The Hall–Kier alpha value is -0.830. The Bertz CT molecular complexity index is 365. The van der Waals surface area contributed by atoms with E-state index in [0.717, 1.165) is 6.42 Å². The first-order valence-electron chi connectivity index (χ1n) is 5.49. The van der Waals surface area contributed by atoms with E-state index >= 15 is 0 Å². The fourth-order valence-electron chi connectivity index (χ4n) is 1.58. The van der Waals surface area contributed by atoms with Crippen LogP contribution in [0.15, 0.2) is 24.3 Å². The lowest BCUT2D eigenvalue weighted by Crippen LogP contribution is -2.32. The fourth-order valence-corrected chi connectivity index (χ4v) is 1.93. The molecular formula is C13H18BrNO. The number of hydrogen-bond acceptors (Lipinski definition) is 1. The minimum atomic E-state index is -0.0673. The van der Waals surface area contributed by atoms with Gasteiger partial charge < -0.3 is 4.90 Å². The molecule has 0 saturated heterocycles. The molecule has 0 bridgehead atoms. The molecule has 1 atom stereocenters. The van der Waals surface area contributed by atoms with E-state index in [9.17, 15) is 4.79 Å². The van der Waals surface area contributed by atoms with Gasteiger partial charge in [-0.15, -0.1) is 0 Å². The number of hydrogen-bond donors (Lipinski definition) is 0. The predicted octanol–water partition coefficient (Wildman–Crippen LogP) is 3.13. The van der Waals surface area contributed by atoms with Crippen molar-refractivity contribution in [1.82, 2.24) is 4.90 Å². The minimum absolute atomic E-state index is 0.0673. The Balaban J connectivity index is 2.64. The second kappa shape index (κ2) is 6.04. The van der Waals surface area contributed by atoms with E-state index in [2.05, 4.69) is 35.0 Å². The van der Waals surface area contributed by atoms with Crippen LogP contribution in [0.3, 0.4) is 0 Å². The summed E-state index contributed by atoms with van der Waals surface area (Å²) < 4.78 is 0. The number of aryl methyl sites for hydroxylation is 1. The van der Waals surface area contributed by atoms with Gasteiger partial charge in [0.15, 0.2) is 0 Å². The Morgan fingerprint density at radius 3 is 2.75 bits per heavy atom. The van der Waals surface area contributed by atoms with E-state index in [4.69, 9.17) is 0 Å². The maximum atomic E-state index is 11.8. The summed E-state index contributed by atoms with van der Waals surface area (Å²) in [7, 11) is 1.84. The first kappa shape index (κ1) is 13.2. The fraction of sp³-hybridized carbons (Fsp3) is 0.462. The van der Waals surface area contributed by atoms with Crippen molar-refractivity contribution in [2.75, 3.05) is 7.05 Å². The predicted molar refractivity (Wildman–Crippen MR) is 70.7 cm³/mol. The number of carbonyl (C=O) groups excluding carboxylic acids is 1. The van der Waals surface area contributed by atoms with Crippen molar-refractivity contribution < 1.29 is 4.79 Å². The third-order valence-electron chi connectivity index (χ3n) is 2.50. The zero-order chi connectivity index (χ0) is 12.1. The highest BCUT2D eigenvalue weighted by molar-refractivity contribution is 9.10. The molecule has 0 heterocycles. The van der Waals surface area contributed by atoms with Crippen LogP contribution in [0.2, 0.25) is 0 Å². The van der Waals surface area contributed by atoms with E-state index in [1.54, 1.807) is 4.90 Å². The van der Waals surface area contributed by atoms with E-state index in [0.29, 0.717) is 6.54 Å². The smallest absolute Gasteiger partial charge is 0.236 e. The van der Waals surface area contributed by atoms with Gasteiger partial charge in [0.2, 0.25) is 5.91 Å². The van der Waals surface area contributed by atoms with Crippen LogP contribution in [0.5, 0.6) is 0 Å². The maximum Gasteiger partial charge on any atom is 0.236 e. The van der Waals surface area contributed by atoms with Gasteiger partial charge in [-0.25, -0.2) is 0 Å². The first-order chi connectivity index (χ1) is 7.54. The molecule has 1 aromatic carbocycles. The van der Waals surface area contributed by atoms with Crippen molar-refractivity contribution in [2.45, 2.75) is 31.6 Å². The molecule has 3 heteroatoms. The van der Waals surface area contributed by atoms with Gasteiger partial charge >= 0.3 is 0 Å². The molecule has 1 amide bonds. The molecule has 0 fully saturated rings. The molecule has 88 valence electrons. The van der Waals surface area contributed by atoms with Crippen LogP contribution >= 0.6 is 15.9 Å². The summed E-state index contributed by atoms with van der Waals surface area (Å²) in [6.45, 7) is 4.73. The number of alkyl halides is 1. The lowest BCUT2D eigenvalue weighted by Gasteiger charge is -2.20. The molecule has 0 aliphatic rings. The highest BCUT2D eigenvalue weighted by atomic mass is 79.9. The average Bonchev–Trinajstić information content (AvgIpc) is 2.27. The summed E-state index contributed by atoms with van der Waals surface area (Å²) in [6.07, 6.45) is 0.816. The molecule has 0 spiro atoms. The number of carbonyl (C=O) groups is 1. The quantitative estimate of drug-likeness (QED) is 0.778. The van der Waals surface area contributed by atoms with Crippen LogP contribution in [0.1, 0.15) is 24.5 Å². The standard InChI is InChI=1S/C13H18BrNO/c1-4-12(14)13(16)15(3)9-11-7-5-6-10(2)8-11/h5-8,12H,4,9H2,1-3H3. The van der Waals surface area contributed by atoms with Crippen molar-refractivity contribution in [2.24, 2.45) is 0 Å². The SMILES string of the molecule is CCC(Br)C(=O)N(C)Cc1cccc(C)c1. The molecule has 2 nitrogen and oxygen atoms in total. The molecule has 1 rings (SSSR count). The van der Waals surface area contributed by atoms with Gasteiger partial charge in [0, 0.05) is 13.6 Å². The molecule has 0 saturated carbocycles. The summed E-state index contributed by atoms with van der Waals surface area (Å²) in [5.41, 5.74) is 2.40. The Labute approximate surface area is 106 Å². The van der Waals surface area contributed by atoms with Gasteiger partial charge in [0.1, 0.15) is 0 Å². The van der Waals surface area contributed by atoms with Crippen molar-refractivity contribution in [3.63, 3.8) is 0 Å². The number of rotatable bonds is 4. The average molecular weight is 284 g/mol. The van der Waals surface area contributed by atoms with Gasteiger partial charge in [0.25, 0.3) is 0 Å². The Kier molecular flexibility index (Phi) is 5.00. The number of benzene rings is 1. The molecule has 0 radical (unpaired) electrons. The topological polar surface area (TPSA) is 20.3 Å². The largest absolute Gasteiger partial charge is 0.340 e. The third kappa shape index (κ3) is 3.63. The highest BCUT2D eigenvalue weighted by Gasteiger charge is 2.16. The Morgan fingerprint density at radius 2 is 2.19 bits per heavy atom. The van der Waals surface area contributed by atoms with E-state index in [1.165, 1.54) is 11.1 Å². The van der Waals surface area contributed by atoms with Crippen LogP contribution in [0.4, 0.5) is 0 Å². The first-order valence-corrected chi connectivity index (χ1v) is 6.40. The van der Waals surface area contributed by atoms with Crippen molar-refractivity contribution >= 4 is 21.8 Å². The Morgan fingerprint density at radius 1 is 1.50 bits per heavy atom. The molecule has 0 aliphatic carbocycles. The molecule has 1 unspecified atom stereocenters. The zero-order valence-electron chi connectivity index (χ0n) is 10.0. The zero-order valence-corrected chi connectivity index (χ0v) is 11.6. The summed E-state index contributed by atoms with van der Waals surface area (Å²) in [5.74, 6) is 0.143. The van der Waals surface area contributed by atoms with Crippen LogP contribution in [-0.4, -0.2) is 22.7 Å². The lowest BCUT2D eigenvalue weighted by atomic mass is 10.1. The minimum Gasteiger partial charge on any atom is -0.340 e. The summed E-state index contributed by atoms with van der Waals surface area (Å²) >= 11 is 3.38. The molecule has 0 aliphatic heterocycles. The highest BCUT2D eigenvalue weighted by Crippen LogP contribution is 2.12. The molecule has 0 aromatic heterocycles. The monoisotopic (exact) mass is 283 g/mol. The molecule has 1 aromatic rings. The second-order valence-electron chi connectivity index (χ2n) is 4.06. The molecular weight excluding hydrogens is 266 g/mol. The summed E-state index contributed by atoms with van der Waals surface area (Å²) in [6, 6.07) is 8.24. The maximum absolute atomic E-state index is 11.8. The van der Waals surface area contributed by atoms with Gasteiger partial charge in [0.05, 0.1) is 4.83 Å². The van der Waals surface area contributed by atoms with Crippen LogP contribution < -0.4 is 0 Å². The van der Waals surface area contributed by atoms with Crippen LogP contribution in [-0.2, 0) is 11.3 Å². The van der Waals surface area contributed by atoms with Crippen molar-refractivity contribution in [3.05, 3.63) is 35.4 Å². The van der Waals surface area contributed by atoms with Gasteiger partial charge in [-0.05, 0) is 18.9 Å². The van der Waals surface area contributed by atoms with Crippen LogP contribution in [0, 0.1) is 6.92 Å². The third-order valence-corrected chi connectivity index (χ3v) is 3.54. The lowest BCUT2D eigenvalue weighted by molar-refractivity contribution is -0.129. The van der Waals surface area contributed by atoms with E-state index in [-0.39, 0.29) is 10.7 Å². The van der Waals surface area contributed by atoms with Crippen molar-refractivity contribution in [3.8, 4) is 0 Å².